The summed E-state index contributed by atoms with van der Waals surface area (Å²) in [4.78, 5) is 65.2. The number of carbonyl (C=O) groups excluding carboxylic acids is 3. The molecule has 4 aliphatic rings. The van der Waals surface area contributed by atoms with E-state index in [1.165, 1.54) is 4.90 Å². The number of ether oxygens (including phenoxy) is 3. The maximum absolute atomic E-state index is 14.4. The molecule has 7 rings (SSSR count). The molecule has 3 unspecified atom stereocenters. The van der Waals surface area contributed by atoms with E-state index in [1.807, 2.05) is 54.6 Å². The van der Waals surface area contributed by atoms with Crippen LogP contribution in [0.2, 0.25) is 0 Å². The Bertz CT molecular complexity index is 1920. The number of carboxylic acids is 1. The predicted octanol–water partition coefficient (Wildman–Crippen LogP) is 4.95. The van der Waals surface area contributed by atoms with E-state index in [9.17, 15) is 24.3 Å². The summed E-state index contributed by atoms with van der Waals surface area (Å²) >= 11 is 0. The number of hydrogen-bond donors (Lipinski definition) is 3. The van der Waals surface area contributed by atoms with Gasteiger partial charge in [-0.2, -0.15) is 0 Å². The van der Waals surface area contributed by atoms with E-state index in [0.717, 1.165) is 42.6 Å². The number of carbonyl (C=O) groups is 4. The Kier molecular flexibility index (Phi) is 9.53. The number of alkyl carbamates (subject to hydrolysis) is 1. The lowest BCUT2D eigenvalue weighted by Crippen LogP contribution is -2.56. The summed E-state index contributed by atoms with van der Waals surface area (Å²) in [5.74, 6) is -1.46. The third-order valence-corrected chi connectivity index (χ3v) is 10.1. The van der Waals surface area contributed by atoms with E-state index in [2.05, 4.69) is 10.6 Å². The van der Waals surface area contributed by atoms with Gasteiger partial charge in [0.15, 0.2) is 0 Å². The summed E-state index contributed by atoms with van der Waals surface area (Å²) in [6.45, 7) is 5.82. The molecular formula is C39H45N5O8. The molecule has 0 bridgehead atoms. The van der Waals surface area contributed by atoms with Crippen LogP contribution in [0.15, 0.2) is 54.6 Å². The van der Waals surface area contributed by atoms with E-state index in [1.54, 1.807) is 20.8 Å². The number of nitrogens with one attached hydrogen (secondary N) is 2. The molecule has 0 radical (unpaired) electrons. The number of aliphatic carboxylic acids is 1. The Hall–Kier alpha value is -5.20. The summed E-state index contributed by atoms with van der Waals surface area (Å²) in [6, 6.07) is 11.2. The fourth-order valence-corrected chi connectivity index (χ4v) is 7.34. The minimum Gasteiger partial charge on any atom is -0.493 e. The van der Waals surface area contributed by atoms with Crippen LogP contribution in [0.1, 0.15) is 71.3 Å². The van der Waals surface area contributed by atoms with Gasteiger partial charge in [0.25, 0.3) is 0 Å². The third kappa shape index (κ3) is 7.40. The number of hydrogen-bond acceptors (Lipinski definition) is 9. The molecule has 1 saturated heterocycles. The summed E-state index contributed by atoms with van der Waals surface area (Å²) in [5.41, 5.74) is 1.40. The first-order chi connectivity index (χ1) is 24.9. The molecule has 2 aromatic carbocycles. The molecule has 13 nitrogen and oxygen atoms in total. The first-order valence-corrected chi connectivity index (χ1v) is 18.1. The molecule has 3 aromatic rings. The summed E-state index contributed by atoms with van der Waals surface area (Å²) < 4.78 is 17.8. The molecule has 1 aromatic heterocycles. The number of allylic oxidation sites excluding steroid dienone is 1. The van der Waals surface area contributed by atoms with E-state index in [0.29, 0.717) is 36.2 Å². The van der Waals surface area contributed by atoms with Gasteiger partial charge in [0.1, 0.15) is 40.8 Å². The van der Waals surface area contributed by atoms with Crippen molar-refractivity contribution in [3.05, 3.63) is 60.2 Å². The monoisotopic (exact) mass is 711 g/mol. The molecule has 1 aliphatic carbocycles. The molecule has 0 spiro atoms. The first-order valence-electron chi connectivity index (χ1n) is 18.1. The van der Waals surface area contributed by atoms with Crippen molar-refractivity contribution in [3.8, 4) is 22.9 Å². The minimum absolute atomic E-state index is 0.00119. The molecule has 52 heavy (non-hydrogen) atoms. The molecule has 2 fully saturated rings. The fraction of sp³-hybridized carbons (Fsp3) is 0.487. The highest BCUT2D eigenvalue weighted by Gasteiger charge is 2.61. The third-order valence-electron chi connectivity index (χ3n) is 10.1. The van der Waals surface area contributed by atoms with Crippen LogP contribution in [-0.4, -0.2) is 86.3 Å². The predicted molar refractivity (Wildman–Crippen MR) is 191 cm³/mol. The normalized spacial score (nSPS) is 26.8. The van der Waals surface area contributed by atoms with Crippen LogP contribution < -0.4 is 20.1 Å². The summed E-state index contributed by atoms with van der Waals surface area (Å²) in [6.07, 6.45) is 6.84. The zero-order valence-electron chi connectivity index (χ0n) is 29.7. The maximum atomic E-state index is 14.4. The van der Waals surface area contributed by atoms with Gasteiger partial charge < -0.3 is 34.9 Å². The van der Waals surface area contributed by atoms with Crippen LogP contribution in [0.4, 0.5) is 4.79 Å². The summed E-state index contributed by atoms with van der Waals surface area (Å²) in [7, 11) is 0. The Labute approximate surface area is 302 Å². The highest BCUT2D eigenvalue weighted by molar-refractivity contribution is 5.96. The van der Waals surface area contributed by atoms with E-state index in [4.69, 9.17) is 24.2 Å². The van der Waals surface area contributed by atoms with Crippen LogP contribution in [-0.2, 0) is 25.5 Å². The number of para-hydroxylation sites is 2. The van der Waals surface area contributed by atoms with Crippen molar-refractivity contribution in [3.63, 3.8) is 0 Å². The zero-order valence-corrected chi connectivity index (χ0v) is 29.7. The largest absolute Gasteiger partial charge is 0.493 e. The molecule has 5 atom stereocenters. The van der Waals surface area contributed by atoms with Gasteiger partial charge in [0.2, 0.25) is 17.7 Å². The SMILES string of the molecule is CC(C)(C)OC(=O)N[C@@H]1CCCCC/C=C\C2CC2(C(=O)O)NC(=O)C2C[C@@H](Oc3nc4ccccc4nc3-c3ccc4c(c3)CCO4)CN2C1=O. The summed E-state index contributed by atoms with van der Waals surface area (Å²) in [5, 5.41) is 15.8. The molecule has 3 aliphatic heterocycles. The molecule has 3 amide bonds. The van der Waals surface area contributed by atoms with E-state index >= 15 is 0 Å². The van der Waals surface area contributed by atoms with Crippen molar-refractivity contribution in [2.24, 2.45) is 5.92 Å². The van der Waals surface area contributed by atoms with Crippen LogP contribution in [0, 0.1) is 5.92 Å². The second-order valence-electron chi connectivity index (χ2n) is 15.1. The highest BCUT2D eigenvalue weighted by atomic mass is 16.6. The molecule has 13 heteroatoms. The van der Waals surface area contributed by atoms with Gasteiger partial charge in [-0.05, 0) is 82.3 Å². The average Bonchev–Trinajstić information content (AvgIpc) is 3.38. The van der Waals surface area contributed by atoms with E-state index < -0.39 is 53.2 Å². The standard InChI is InChI=1S/C39H45N5O8/c1-38(2,3)52-37(49)42-29-14-8-6-4-5-7-11-25-21-39(25,36(47)48)43-33(45)30-20-26(22-44(30)35(29)46)51-34-32(40-27-12-9-10-13-28(27)41-34)24-15-16-31-23(19-24)17-18-50-31/h7,9-13,15-16,19,25-26,29-30H,4-6,8,14,17-18,20-22H2,1-3H3,(H,42,49)(H,43,45)(H,47,48)/b11-7-/t25?,26-,29-,30?,39?/m1/s1. The quantitative estimate of drug-likeness (QED) is 0.308. The van der Waals surface area contributed by atoms with Crippen LogP contribution in [0.25, 0.3) is 22.3 Å². The number of aromatic nitrogens is 2. The topological polar surface area (TPSA) is 169 Å². The van der Waals surface area contributed by atoms with Crippen molar-refractivity contribution in [2.75, 3.05) is 13.2 Å². The lowest BCUT2D eigenvalue weighted by Gasteiger charge is -2.30. The Balaban J connectivity index is 1.22. The van der Waals surface area contributed by atoms with Crippen molar-refractivity contribution in [2.45, 2.75) is 101 Å². The Morgan fingerprint density at radius 2 is 1.87 bits per heavy atom. The highest BCUT2D eigenvalue weighted by Crippen LogP contribution is 2.45. The molecule has 3 N–H and O–H groups in total. The smallest absolute Gasteiger partial charge is 0.408 e. The van der Waals surface area contributed by atoms with Crippen molar-refractivity contribution < 1.29 is 38.5 Å². The first kappa shape index (κ1) is 35.2. The fourth-order valence-electron chi connectivity index (χ4n) is 7.34. The molecular weight excluding hydrogens is 666 g/mol. The second-order valence-corrected chi connectivity index (χ2v) is 15.1. The number of rotatable bonds is 5. The average molecular weight is 712 g/mol. The van der Waals surface area contributed by atoms with Gasteiger partial charge in [-0.25, -0.2) is 19.6 Å². The Morgan fingerprint density at radius 1 is 1.08 bits per heavy atom. The van der Waals surface area contributed by atoms with Gasteiger partial charge in [-0.15, -0.1) is 0 Å². The van der Waals surface area contributed by atoms with Gasteiger partial charge in [-0.1, -0.05) is 37.1 Å². The van der Waals surface area contributed by atoms with Crippen molar-refractivity contribution in [1.82, 2.24) is 25.5 Å². The lowest BCUT2D eigenvalue weighted by molar-refractivity contribution is -0.145. The number of carboxylic acid groups (broad SMARTS) is 1. The van der Waals surface area contributed by atoms with Crippen molar-refractivity contribution >= 4 is 34.9 Å². The number of amides is 3. The van der Waals surface area contributed by atoms with Gasteiger partial charge in [-0.3, -0.25) is 9.59 Å². The molecule has 274 valence electrons. The minimum atomic E-state index is -1.45. The van der Waals surface area contributed by atoms with Gasteiger partial charge in [0.05, 0.1) is 24.2 Å². The lowest BCUT2D eigenvalue weighted by atomic mass is 10.0. The maximum Gasteiger partial charge on any atom is 0.408 e. The van der Waals surface area contributed by atoms with Gasteiger partial charge in [0, 0.05) is 24.3 Å². The van der Waals surface area contributed by atoms with Crippen LogP contribution >= 0.6 is 0 Å². The van der Waals surface area contributed by atoms with Crippen LogP contribution in [0.5, 0.6) is 11.6 Å². The Morgan fingerprint density at radius 3 is 2.63 bits per heavy atom. The number of benzene rings is 2. The molecule has 1 saturated carbocycles. The second kappa shape index (κ2) is 14.1. The number of nitrogens with zero attached hydrogens (tertiary/aromatic N) is 3. The number of fused-ring (bicyclic) bond motifs is 4. The van der Waals surface area contributed by atoms with E-state index in [-0.39, 0.29) is 31.2 Å². The van der Waals surface area contributed by atoms with Crippen LogP contribution in [0.3, 0.4) is 0 Å². The van der Waals surface area contributed by atoms with Crippen molar-refractivity contribution in [1.29, 1.82) is 0 Å². The molecule has 4 heterocycles. The zero-order chi connectivity index (χ0) is 36.6. The van der Waals surface area contributed by atoms with Gasteiger partial charge >= 0.3 is 12.1 Å².